The Morgan fingerprint density at radius 2 is 1.91 bits per heavy atom. The van der Waals surface area contributed by atoms with Crippen molar-refractivity contribution in [2.75, 3.05) is 13.2 Å². The SMILES string of the molecule is O=C(c1ccnc(C(F)(F)F)c1F)N1C2COC[C@@H]1c1nnc(-c3cc(OC(F)F)ccn3)n1C2. The van der Waals surface area contributed by atoms with Crippen molar-refractivity contribution in [3.8, 4) is 17.3 Å². The van der Waals surface area contributed by atoms with Gasteiger partial charge in [-0.15, -0.1) is 10.2 Å². The number of nitrogens with zero attached hydrogens (tertiary/aromatic N) is 6. The second kappa shape index (κ2) is 8.48. The number of fused-ring (bicyclic) bond motifs is 4. The largest absolute Gasteiger partial charge is 0.436 e. The summed E-state index contributed by atoms with van der Waals surface area (Å²) < 4.78 is 90.6. The molecule has 1 fully saturated rings. The van der Waals surface area contributed by atoms with Crippen molar-refractivity contribution in [3.05, 3.63) is 53.5 Å². The van der Waals surface area contributed by atoms with Gasteiger partial charge in [0.15, 0.2) is 23.2 Å². The van der Waals surface area contributed by atoms with Crippen LogP contribution < -0.4 is 4.74 Å². The molecule has 184 valence electrons. The minimum atomic E-state index is -5.08. The quantitative estimate of drug-likeness (QED) is 0.508. The second-order valence-electron chi connectivity index (χ2n) is 7.69. The number of hydrogen-bond donors (Lipinski definition) is 0. The van der Waals surface area contributed by atoms with Gasteiger partial charge < -0.3 is 18.9 Å². The van der Waals surface area contributed by atoms with Crippen LogP contribution in [0.2, 0.25) is 0 Å². The van der Waals surface area contributed by atoms with Gasteiger partial charge in [0.1, 0.15) is 17.5 Å². The molecule has 0 aliphatic carbocycles. The molecule has 15 heteroatoms. The van der Waals surface area contributed by atoms with Crippen molar-refractivity contribution < 1.29 is 40.6 Å². The van der Waals surface area contributed by atoms with Crippen LogP contribution in [-0.2, 0) is 17.5 Å². The predicted octanol–water partition coefficient (Wildman–Crippen LogP) is 3.09. The van der Waals surface area contributed by atoms with E-state index >= 15 is 0 Å². The molecule has 0 saturated carbocycles. The number of ether oxygens (including phenoxy) is 2. The summed E-state index contributed by atoms with van der Waals surface area (Å²) in [6.45, 7) is -3.05. The number of aromatic nitrogens is 5. The van der Waals surface area contributed by atoms with Crippen LogP contribution >= 0.6 is 0 Å². The number of carbonyl (C=O) groups is 1. The molecule has 2 aliphatic heterocycles. The van der Waals surface area contributed by atoms with Crippen molar-refractivity contribution in [3.63, 3.8) is 0 Å². The fraction of sp³-hybridized carbons (Fsp3) is 0.350. The van der Waals surface area contributed by atoms with Gasteiger partial charge in [0, 0.05) is 25.0 Å². The van der Waals surface area contributed by atoms with Gasteiger partial charge in [-0.3, -0.25) is 9.78 Å². The number of pyridine rings is 2. The lowest BCUT2D eigenvalue weighted by atomic mass is 10.0. The van der Waals surface area contributed by atoms with Gasteiger partial charge in [-0.05, 0) is 12.1 Å². The summed E-state index contributed by atoms with van der Waals surface area (Å²) in [4.78, 5) is 21.6. The Balaban J connectivity index is 1.51. The third-order valence-electron chi connectivity index (χ3n) is 5.59. The molecule has 3 aromatic rings. The Labute approximate surface area is 192 Å². The molecule has 2 aliphatic rings. The topological polar surface area (TPSA) is 95.3 Å². The summed E-state index contributed by atoms with van der Waals surface area (Å²) in [6, 6.07) is 1.78. The average molecular weight is 500 g/mol. The van der Waals surface area contributed by atoms with Crippen molar-refractivity contribution in [1.82, 2.24) is 29.6 Å². The lowest BCUT2D eigenvalue weighted by molar-refractivity contribution is -0.143. The molecule has 0 aromatic carbocycles. The number of halogens is 6. The van der Waals surface area contributed by atoms with Crippen molar-refractivity contribution in [2.45, 2.75) is 31.4 Å². The van der Waals surface area contributed by atoms with Crippen LogP contribution in [0.15, 0.2) is 30.6 Å². The molecule has 3 aromatic heterocycles. The summed E-state index contributed by atoms with van der Waals surface area (Å²) in [5, 5.41) is 8.13. The number of alkyl halides is 5. The fourth-order valence-corrected chi connectivity index (χ4v) is 4.17. The standard InChI is InChI=1S/C20H14F6N6O3/c21-14-11(2-4-28-15(14)20(24,25)26)18(33)32-9-6-31-16(29-30-17(31)13(32)8-34-7-9)12-5-10(1-3-27-12)35-19(22)23/h1-5,9,13,19H,6-8H2/t9?,13-/m1/s1. The third-order valence-corrected chi connectivity index (χ3v) is 5.59. The number of morpholine rings is 1. The zero-order valence-corrected chi connectivity index (χ0v) is 17.4. The minimum Gasteiger partial charge on any atom is -0.435 e. The van der Waals surface area contributed by atoms with Gasteiger partial charge in [-0.1, -0.05) is 0 Å². The van der Waals surface area contributed by atoms with Crippen LogP contribution in [0.4, 0.5) is 26.3 Å². The maximum Gasteiger partial charge on any atom is 0.436 e. The molecule has 0 N–H and O–H groups in total. The van der Waals surface area contributed by atoms with Gasteiger partial charge in [-0.25, -0.2) is 9.37 Å². The first-order valence-electron chi connectivity index (χ1n) is 10.1. The first-order valence-corrected chi connectivity index (χ1v) is 10.1. The van der Waals surface area contributed by atoms with Gasteiger partial charge >= 0.3 is 12.8 Å². The normalized spacial score (nSPS) is 19.6. The fourth-order valence-electron chi connectivity index (χ4n) is 4.17. The molecule has 2 bridgehead atoms. The first-order chi connectivity index (χ1) is 16.6. The highest BCUT2D eigenvalue weighted by atomic mass is 19.4. The maximum absolute atomic E-state index is 14.6. The van der Waals surface area contributed by atoms with Crippen LogP contribution in [0.1, 0.15) is 27.9 Å². The first kappa shape index (κ1) is 23.0. The molecule has 0 radical (unpaired) electrons. The van der Waals surface area contributed by atoms with E-state index in [1.165, 1.54) is 23.2 Å². The smallest absolute Gasteiger partial charge is 0.435 e. The van der Waals surface area contributed by atoms with E-state index in [-0.39, 0.29) is 42.9 Å². The van der Waals surface area contributed by atoms with Crippen LogP contribution in [0.3, 0.4) is 0 Å². The summed E-state index contributed by atoms with van der Waals surface area (Å²) in [5.74, 6) is -2.46. The number of carbonyl (C=O) groups excluding carboxylic acids is 1. The molecule has 5 heterocycles. The predicted molar refractivity (Wildman–Crippen MR) is 103 cm³/mol. The lowest BCUT2D eigenvalue weighted by Gasteiger charge is -2.45. The van der Waals surface area contributed by atoms with Gasteiger partial charge in [0.05, 0.1) is 24.8 Å². The Morgan fingerprint density at radius 3 is 2.66 bits per heavy atom. The van der Waals surface area contributed by atoms with Gasteiger partial charge in [0.2, 0.25) is 0 Å². The number of amides is 1. The molecule has 2 atom stereocenters. The summed E-state index contributed by atoms with van der Waals surface area (Å²) in [6.07, 6.45) is -3.11. The molecule has 1 amide bonds. The van der Waals surface area contributed by atoms with Gasteiger partial charge in [0.25, 0.3) is 5.91 Å². The highest BCUT2D eigenvalue weighted by molar-refractivity contribution is 5.95. The average Bonchev–Trinajstić information content (AvgIpc) is 3.21. The van der Waals surface area contributed by atoms with E-state index in [1.807, 2.05) is 0 Å². The summed E-state index contributed by atoms with van der Waals surface area (Å²) in [7, 11) is 0. The highest BCUT2D eigenvalue weighted by Crippen LogP contribution is 2.37. The van der Waals surface area contributed by atoms with E-state index in [2.05, 4.69) is 24.9 Å². The lowest BCUT2D eigenvalue weighted by Crippen LogP contribution is -2.56. The second-order valence-corrected chi connectivity index (χ2v) is 7.69. The minimum absolute atomic E-state index is 0.0140. The number of hydrogen-bond acceptors (Lipinski definition) is 7. The van der Waals surface area contributed by atoms with Crippen molar-refractivity contribution in [1.29, 1.82) is 0 Å². The molecule has 5 rings (SSSR count). The molecular weight excluding hydrogens is 486 g/mol. The van der Waals surface area contributed by atoms with Crippen LogP contribution in [-0.4, -0.2) is 61.4 Å². The van der Waals surface area contributed by atoms with E-state index in [9.17, 15) is 31.1 Å². The zero-order chi connectivity index (χ0) is 24.9. The van der Waals surface area contributed by atoms with E-state index in [1.54, 1.807) is 4.57 Å². The summed E-state index contributed by atoms with van der Waals surface area (Å²) >= 11 is 0. The maximum atomic E-state index is 14.6. The molecule has 0 spiro atoms. The van der Waals surface area contributed by atoms with E-state index in [4.69, 9.17) is 4.74 Å². The molecule has 9 nitrogen and oxygen atoms in total. The monoisotopic (exact) mass is 500 g/mol. The Kier molecular flexibility index (Phi) is 5.57. The van der Waals surface area contributed by atoms with Crippen molar-refractivity contribution >= 4 is 5.91 Å². The van der Waals surface area contributed by atoms with Crippen molar-refractivity contribution in [2.24, 2.45) is 0 Å². The van der Waals surface area contributed by atoms with Gasteiger partial charge in [-0.2, -0.15) is 22.0 Å². The Bertz CT molecular complexity index is 1280. The zero-order valence-electron chi connectivity index (χ0n) is 17.4. The molecule has 35 heavy (non-hydrogen) atoms. The molecule has 1 saturated heterocycles. The van der Waals surface area contributed by atoms with Crippen LogP contribution in [0.5, 0.6) is 5.75 Å². The van der Waals surface area contributed by atoms with Crippen LogP contribution in [0, 0.1) is 5.82 Å². The Morgan fingerprint density at radius 1 is 1.14 bits per heavy atom. The van der Waals surface area contributed by atoms with E-state index in [0.717, 1.165) is 12.3 Å². The highest BCUT2D eigenvalue weighted by Gasteiger charge is 2.46. The molecular formula is C20H14F6N6O3. The summed E-state index contributed by atoms with van der Waals surface area (Å²) in [5.41, 5.74) is -2.39. The number of rotatable bonds is 4. The van der Waals surface area contributed by atoms with E-state index < -0.39 is 47.9 Å². The molecule has 1 unspecified atom stereocenters. The van der Waals surface area contributed by atoms with Crippen LogP contribution in [0.25, 0.3) is 11.5 Å². The Hall–Kier alpha value is -3.75. The third kappa shape index (κ3) is 4.05. The van der Waals surface area contributed by atoms with E-state index in [0.29, 0.717) is 0 Å².